The van der Waals surface area contributed by atoms with Crippen LogP contribution in [0.25, 0.3) is 27.9 Å². The third kappa shape index (κ3) is 7.84. The summed E-state index contributed by atoms with van der Waals surface area (Å²) in [5.74, 6) is 0.794. The third-order valence-electron chi connectivity index (χ3n) is 8.71. The van der Waals surface area contributed by atoms with Crippen molar-refractivity contribution in [3.8, 4) is 11.3 Å². The van der Waals surface area contributed by atoms with Crippen molar-refractivity contribution in [1.82, 2.24) is 18.8 Å². The number of piperidine rings is 1. The lowest BCUT2D eigenvalue weighted by atomic mass is 9.91. The van der Waals surface area contributed by atoms with E-state index in [2.05, 4.69) is 78.7 Å². The summed E-state index contributed by atoms with van der Waals surface area (Å²) in [7, 11) is -3.85. The molecule has 0 amide bonds. The van der Waals surface area contributed by atoms with Crippen molar-refractivity contribution < 1.29 is 8.42 Å². The van der Waals surface area contributed by atoms with Gasteiger partial charge in [0.2, 0.25) is 5.95 Å². The zero-order chi connectivity index (χ0) is 34.8. The number of nitrogens with zero attached hydrogens (tertiary/aromatic N) is 4. The molecule has 3 aromatic carbocycles. The number of fused-ring (bicyclic) bond motifs is 1. The quantitative estimate of drug-likeness (QED) is 0.142. The number of halogens is 1. The molecule has 3 heterocycles. The van der Waals surface area contributed by atoms with E-state index in [1.807, 2.05) is 18.2 Å². The van der Waals surface area contributed by atoms with Crippen molar-refractivity contribution >= 4 is 49.9 Å². The van der Waals surface area contributed by atoms with Crippen LogP contribution < -0.4 is 10.6 Å². The predicted octanol–water partition coefficient (Wildman–Crippen LogP) is 9.15. The number of rotatable bonds is 11. The lowest BCUT2D eigenvalue weighted by molar-refractivity contribution is 0.255. The topological polar surface area (TPSA) is 92.1 Å². The number of nitrogens with one attached hydrogen (secondary N) is 2. The van der Waals surface area contributed by atoms with Gasteiger partial charge in [0.05, 0.1) is 27.3 Å². The Kier molecular flexibility index (Phi) is 9.86. The van der Waals surface area contributed by atoms with Gasteiger partial charge in [-0.25, -0.2) is 22.4 Å². The molecule has 254 valence electrons. The van der Waals surface area contributed by atoms with Crippen LogP contribution in [0.1, 0.15) is 45.6 Å². The van der Waals surface area contributed by atoms with Gasteiger partial charge in [0.15, 0.2) is 0 Å². The molecule has 10 heteroatoms. The molecule has 1 aliphatic rings. The second kappa shape index (κ2) is 14.1. The number of hydrogen-bond donors (Lipinski definition) is 2. The predicted molar refractivity (Wildman–Crippen MR) is 202 cm³/mol. The number of allylic oxidation sites excluding steroid dienone is 1. The minimum absolute atomic E-state index is 0.176. The Morgan fingerprint density at radius 1 is 1.00 bits per heavy atom. The summed E-state index contributed by atoms with van der Waals surface area (Å²) in [6.45, 7) is 17.7. The van der Waals surface area contributed by atoms with Crippen LogP contribution in [0.4, 0.5) is 11.6 Å². The van der Waals surface area contributed by atoms with Crippen LogP contribution in [0.15, 0.2) is 115 Å². The molecular weight excluding hydrogens is 652 g/mol. The van der Waals surface area contributed by atoms with Crippen LogP contribution in [0.2, 0.25) is 5.02 Å². The van der Waals surface area contributed by atoms with E-state index in [4.69, 9.17) is 16.6 Å². The minimum atomic E-state index is -3.85. The zero-order valence-corrected chi connectivity index (χ0v) is 29.9. The number of para-hydroxylation sites is 1. The fourth-order valence-corrected chi connectivity index (χ4v) is 8.00. The van der Waals surface area contributed by atoms with E-state index in [-0.39, 0.29) is 10.3 Å². The Bertz CT molecular complexity index is 2090. The summed E-state index contributed by atoms with van der Waals surface area (Å²) >= 11 is 6.66. The van der Waals surface area contributed by atoms with Gasteiger partial charge in [0, 0.05) is 53.9 Å². The maximum atomic E-state index is 13.7. The van der Waals surface area contributed by atoms with Crippen molar-refractivity contribution in [2.75, 3.05) is 30.3 Å². The van der Waals surface area contributed by atoms with Gasteiger partial charge >= 0.3 is 0 Å². The first-order valence-corrected chi connectivity index (χ1v) is 18.4. The van der Waals surface area contributed by atoms with Crippen LogP contribution in [0.3, 0.4) is 0 Å². The summed E-state index contributed by atoms with van der Waals surface area (Å²) in [5, 5.41) is 7.92. The number of hydrogen-bond acceptors (Lipinski definition) is 7. The van der Waals surface area contributed by atoms with E-state index in [0.29, 0.717) is 40.2 Å². The largest absolute Gasteiger partial charge is 0.371 e. The highest BCUT2D eigenvalue weighted by Crippen LogP contribution is 2.36. The molecule has 6 rings (SSSR count). The van der Waals surface area contributed by atoms with E-state index in [0.717, 1.165) is 60.4 Å². The molecule has 1 aliphatic heterocycles. The highest BCUT2D eigenvalue weighted by molar-refractivity contribution is 7.90. The molecule has 2 aromatic heterocycles. The number of likely N-dealkylation sites (tertiary alicyclic amines) is 1. The van der Waals surface area contributed by atoms with E-state index >= 15 is 0 Å². The third-order valence-corrected chi connectivity index (χ3v) is 10.7. The zero-order valence-electron chi connectivity index (χ0n) is 28.3. The number of benzene rings is 3. The summed E-state index contributed by atoms with van der Waals surface area (Å²) in [4.78, 5) is 11.8. The first-order valence-electron chi connectivity index (χ1n) is 16.6. The van der Waals surface area contributed by atoms with Gasteiger partial charge < -0.3 is 15.5 Å². The van der Waals surface area contributed by atoms with E-state index in [9.17, 15) is 8.42 Å². The molecule has 8 nitrogen and oxygen atoms in total. The SMILES string of the molecule is C=C(CC(C)(C)C)Nc1ccc(C(=C)N2CCCC(CNc3ncc(Cl)c(-c4cn(S(=O)(=O)c5ccccc5)c5ccccc45)n3)C2)cc1. The smallest absolute Gasteiger partial charge is 0.268 e. The average molecular weight is 695 g/mol. The molecule has 1 saturated heterocycles. The van der Waals surface area contributed by atoms with E-state index in [1.165, 1.54) is 3.97 Å². The highest BCUT2D eigenvalue weighted by Gasteiger charge is 2.25. The van der Waals surface area contributed by atoms with Gasteiger partial charge in [0.25, 0.3) is 10.0 Å². The molecule has 0 radical (unpaired) electrons. The molecule has 0 spiro atoms. The lowest BCUT2D eigenvalue weighted by Crippen LogP contribution is -2.36. The Morgan fingerprint density at radius 3 is 2.45 bits per heavy atom. The van der Waals surface area contributed by atoms with Crippen molar-refractivity contribution in [1.29, 1.82) is 0 Å². The molecular formula is C39H43ClN6O2S. The molecule has 5 aromatic rings. The van der Waals surface area contributed by atoms with Crippen LogP contribution in [-0.4, -0.2) is 46.9 Å². The molecule has 1 atom stereocenters. The molecule has 1 fully saturated rings. The van der Waals surface area contributed by atoms with Crippen molar-refractivity contribution in [2.24, 2.45) is 11.3 Å². The van der Waals surface area contributed by atoms with Crippen LogP contribution in [-0.2, 0) is 10.0 Å². The highest BCUT2D eigenvalue weighted by atomic mass is 35.5. The normalized spacial score (nSPS) is 15.3. The molecule has 1 unspecified atom stereocenters. The van der Waals surface area contributed by atoms with Gasteiger partial charge in [-0.05, 0) is 66.5 Å². The van der Waals surface area contributed by atoms with Crippen LogP contribution in [0.5, 0.6) is 0 Å². The fraction of sp³-hybridized carbons (Fsp3) is 0.282. The van der Waals surface area contributed by atoms with Gasteiger partial charge in [-0.15, -0.1) is 0 Å². The summed E-state index contributed by atoms with van der Waals surface area (Å²) in [6, 6.07) is 24.1. The summed E-state index contributed by atoms with van der Waals surface area (Å²) < 4.78 is 28.6. The van der Waals surface area contributed by atoms with E-state index < -0.39 is 10.0 Å². The summed E-state index contributed by atoms with van der Waals surface area (Å²) in [6.07, 6.45) is 6.19. The van der Waals surface area contributed by atoms with Crippen molar-refractivity contribution in [3.63, 3.8) is 0 Å². The lowest BCUT2D eigenvalue weighted by Gasteiger charge is -2.35. The average Bonchev–Trinajstić information content (AvgIpc) is 3.48. The standard InChI is InChI=1S/C39H43ClN6O2S/c1-27(22-39(3,4)5)43-31-19-17-30(18-20-31)28(2)45-21-11-12-29(25-45)23-41-38-42-24-35(40)37(44-38)34-26-46(36-16-10-9-15-33(34)36)49(47,48)32-13-7-6-8-14-32/h6-10,13-20,24,26,29,43H,1-2,11-12,21-23,25H2,3-5H3,(H,41,42,44). The minimum Gasteiger partial charge on any atom is -0.371 e. The summed E-state index contributed by atoms with van der Waals surface area (Å²) in [5.41, 5.74) is 5.94. The first kappa shape index (κ1) is 34.3. The maximum Gasteiger partial charge on any atom is 0.268 e. The second-order valence-corrected chi connectivity index (χ2v) is 16.1. The Labute approximate surface area is 294 Å². The van der Waals surface area contributed by atoms with Gasteiger partial charge in [-0.3, -0.25) is 0 Å². The molecule has 0 saturated carbocycles. The maximum absolute atomic E-state index is 13.7. The van der Waals surface area contributed by atoms with Crippen molar-refractivity contribution in [2.45, 2.75) is 44.9 Å². The Balaban J connectivity index is 1.14. The molecule has 49 heavy (non-hydrogen) atoms. The van der Waals surface area contributed by atoms with Gasteiger partial charge in [0.1, 0.15) is 0 Å². The van der Waals surface area contributed by atoms with Crippen molar-refractivity contribution in [3.05, 3.63) is 121 Å². The van der Waals surface area contributed by atoms with Gasteiger partial charge in [-0.1, -0.05) is 94.1 Å². The van der Waals surface area contributed by atoms with E-state index in [1.54, 1.807) is 48.8 Å². The Hall–Kier alpha value is -4.60. The molecule has 0 aliphatic carbocycles. The number of anilines is 2. The molecule has 2 N–H and O–H groups in total. The number of aromatic nitrogens is 3. The van der Waals surface area contributed by atoms with Crippen LogP contribution in [0, 0.1) is 11.3 Å². The fourth-order valence-electron chi connectivity index (χ4n) is 6.41. The molecule has 0 bridgehead atoms. The Morgan fingerprint density at radius 2 is 1.71 bits per heavy atom. The van der Waals surface area contributed by atoms with Crippen LogP contribution >= 0.6 is 11.6 Å². The van der Waals surface area contributed by atoms with Gasteiger partial charge in [-0.2, -0.15) is 0 Å². The first-order chi connectivity index (χ1) is 23.4. The monoisotopic (exact) mass is 694 g/mol. The second-order valence-electron chi connectivity index (χ2n) is 13.9.